The average Bonchev–Trinajstić information content (AvgIpc) is 2.25. The van der Waals surface area contributed by atoms with Crippen molar-refractivity contribution in [3.8, 4) is 0 Å². The molecule has 1 N–H and O–H groups in total. The van der Waals surface area contributed by atoms with Gasteiger partial charge in [-0.3, -0.25) is 4.79 Å². The van der Waals surface area contributed by atoms with E-state index in [0.717, 1.165) is 13.0 Å². The fourth-order valence-electron chi connectivity index (χ4n) is 1.31. The largest absolute Gasteiger partial charge is 0.356 e. The summed E-state index contributed by atoms with van der Waals surface area (Å²) in [6.07, 6.45) is 1.40. The van der Waals surface area contributed by atoms with Crippen LogP contribution in [0.1, 0.15) is 27.3 Å². The molecule has 0 radical (unpaired) electrons. The Bertz CT molecular complexity index is 298. The van der Waals surface area contributed by atoms with Crippen LogP contribution in [0.25, 0.3) is 0 Å². The molecule has 0 heterocycles. The van der Waals surface area contributed by atoms with Crippen molar-refractivity contribution in [2.45, 2.75) is 26.7 Å². The Labute approximate surface area is 93.2 Å². The summed E-state index contributed by atoms with van der Waals surface area (Å²) < 4.78 is 0. The first-order chi connectivity index (χ1) is 7.18. The molecular weight excluding hydrogens is 186 g/mol. The number of aryl methyl sites for hydroxylation is 1. The van der Waals surface area contributed by atoms with Crippen molar-refractivity contribution in [2.24, 2.45) is 5.92 Å². The van der Waals surface area contributed by atoms with E-state index < -0.39 is 0 Å². The summed E-state index contributed by atoms with van der Waals surface area (Å²) in [5.41, 5.74) is 1.22. The Balaban J connectivity index is 0.00000225. The predicted octanol–water partition coefficient (Wildman–Crippen LogP) is 2.64. The second-order valence-corrected chi connectivity index (χ2v) is 4.18. The molecule has 0 aliphatic carbocycles. The number of hydrogen-bond donors (Lipinski definition) is 1. The lowest BCUT2D eigenvalue weighted by molar-refractivity contribution is -0.121. The topological polar surface area (TPSA) is 29.1 Å². The molecule has 1 amide bonds. The van der Waals surface area contributed by atoms with Crippen LogP contribution in [0.4, 0.5) is 0 Å². The highest BCUT2D eigenvalue weighted by atomic mass is 16.1. The van der Waals surface area contributed by atoms with Gasteiger partial charge in [-0.1, -0.05) is 44.2 Å². The standard InChI is InChI=1S/C13H19NO.H2/c1-11(2)10-14-13(15)9-8-12-6-4-3-5-7-12;/h3-7,11H,8-10H2,1-2H3,(H,14,15);1H. The molecule has 84 valence electrons. The second kappa shape index (κ2) is 6.23. The van der Waals surface area contributed by atoms with Crippen molar-refractivity contribution in [1.29, 1.82) is 0 Å². The molecule has 0 unspecified atom stereocenters. The molecule has 0 bridgehead atoms. The van der Waals surface area contributed by atoms with Gasteiger partial charge >= 0.3 is 0 Å². The minimum Gasteiger partial charge on any atom is -0.356 e. The van der Waals surface area contributed by atoms with Gasteiger partial charge in [0.1, 0.15) is 0 Å². The Morgan fingerprint density at radius 3 is 2.60 bits per heavy atom. The maximum atomic E-state index is 11.4. The van der Waals surface area contributed by atoms with Crippen LogP contribution in [0.5, 0.6) is 0 Å². The first-order valence-electron chi connectivity index (χ1n) is 5.49. The van der Waals surface area contributed by atoms with Crippen LogP contribution in [0.15, 0.2) is 30.3 Å². The van der Waals surface area contributed by atoms with Crippen molar-refractivity contribution in [1.82, 2.24) is 5.32 Å². The maximum absolute atomic E-state index is 11.4. The van der Waals surface area contributed by atoms with Crippen molar-refractivity contribution < 1.29 is 6.22 Å². The first kappa shape index (κ1) is 11.8. The molecule has 0 fully saturated rings. The molecule has 1 rings (SSSR count). The van der Waals surface area contributed by atoms with Crippen LogP contribution < -0.4 is 5.32 Å². The molecule has 15 heavy (non-hydrogen) atoms. The molecule has 0 spiro atoms. The van der Waals surface area contributed by atoms with E-state index in [2.05, 4.69) is 31.3 Å². The SMILES string of the molecule is CC(C)CNC(=O)CCc1ccccc1.[HH]. The number of hydrogen-bond acceptors (Lipinski definition) is 1. The lowest BCUT2D eigenvalue weighted by Crippen LogP contribution is -2.27. The van der Waals surface area contributed by atoms with Crippen LogP contribution in [-0.4, -0.2) is 12.5 Å². The number of nitrogens with one attached hydrogen (secondary N) is 1. The Kier molecular flexibility index (Phi) is 4.88. The number of rotatable bonds is 5. The third-order valence-electron chi connectivity index (χ3n) is 2.19. The number of carbonyl (C=O) groups excluding carboxylic acids is 1. The van der Waals surface area contributed by atoms with Gasteiger partial charge in [0, 0.05) is 14.4 Å². The minimum atomic E-state index is 0. The molecule has 0 aliphatic rings. The third-order valence-corrected chi connectivity index (χ3v) is 2.19. The van der Waals surface area contributed by atoms with E-state index in [1.54, 1.807) is 0 Å². The highest BCUT2D eigenvalue weighted by Gasteiger charge is 2.02. The van der Waals surface area contributed by atoms with Gasteiger partial charge < -0.3 is 5.32 Å². The molecule has 0 aliphatic heterocycles. The summed E-state index contributed by atoms with van der Waals surface area (Å²) in [5, 5.41) is 2.91. The molecular formula is C13H21NO. The Morgan fingerprint density at radius 2 is 2.00 bits per heavy atom. The fraction of sp³-hybridized carbons (Fsp3) is 0.462. The molecule has 0 saturated heterocycles. The monoisotopic (exact) mass is 207 g/mol. The van der Waals surface area contributed by atoms with Crippen molar-refractivity contribution in [3.63, 3.8) is 0 Å². The number of benzene rings is 1. The van der Waals surface area contributed by atoms with Gasteiger partial charge in [-0.25, -0.2) is 0 Å². The van der Waals surface area contributed by atoms with E-state index in [1.165, 1.54) is 5.56 Å². The predicted molar refractivity (Wildman–Crippen MR) is 64.7 cm³/mol. The molecule has 0 atom stereocenters. The molecule has 1 aromatic rings. The second-order valence-electron chi connectivity index (χ2n) is 4.18. The van der Waals surface area contributed by atoms with Crippen molar-refractivity contribution in [3.05, 3.63) is 35.9 Å². The quantitative estimate of drug-likeness (QED) is 0.790. The number of amides is 1. The molecule has 0 saturated carbocycles. The van der Waals surface area contributed by atoms with Gasteiger partial charge in [0.15, 0.2) is 0 Å². The molecule has 1 aromatic carbocycles. The summed E-state index contributed by atoms with van der Waals surface area (Å²) in [7, 11) is 0. The maximum Gasteiger partial charge on any atom is 0.220 e. The minimum absolute atomic E-state index is 0. The Morgan fingerprint density at radius 1 is 1.33 bits per heavy atom. The summed E-state index contributed by atoms with van der Waals surface area (Å²) in [4.78, 5) is 11.4. The molecule has 2 heteroatoms. The average molecular weight is 207 g/mol. The zero-order chi connectivity index (χ0) is 11.1. The number of carbonyl (C=O) groups is 1. The van der Waals surface area contributed by atoms with Gasteiger partial charge in [0.05, 0.1) is 0 Å². The lowest BCUT2D eigenvalue weighted by Gasteiger charge is -2.07. The third kappa shape index (κ3) is 5.21. The summed E-state index contributed by atoms with van der Waals surface area (Å²) in [5.74, 6) is 0.665. The van der Waals surface area contributed by atoms with Crippen LogP contribution in [-0.2, 0) is 11.2 Å². The summed E-state index contributed by atoms with van der Waals surface area (Å²) in [6.45, 7) is 4.96. The van der Waals surface area contributed by atoms with Gasteiger partial charge in [0.25, 0.3) is 0 Å². The van der Waals surface area contributed by atoms with Crippen LogP contribution >= 0.6 is 0 Å². The molecule has 0 aromatic heterocycles. The highest BCUT2D eigenvalue weighted by molar-refractivity contribution is 5.76. The molecule has 2 nitrogen and oxygen atoms in total. The van der Waals surface area contributed by atoms with E-state index in [-0.39, 0.29) is 7.33 Å². The zero-order valence-corrected chi connectivity index (χ0v) is 9.49. The van der Waals surface area contributed by atoms with E-state index in [0.29, 0.717) is 12.3 Å². The normalized spacial score (nSPS) is 10.3. The van der Waals surface area contributed by atoms with Crippen molar-refractivity contribution in [2.75, 3.05) is 6.54 Å². The van der Waals surface area contributed by atoms with Gasteiger partial charge in [-0.05, 0) is 17.9 Å². The Hall–Kier alpha value is -1.31. The van der Waals surface area contributed by atoms with E-state index >= 15 is 0 Å². The lowest BCUT2D eigenvalue weighted by atomic mass is 10.1. The van der Waals surface area contributed by atoms with E-state index in [4.69, 9.17) is 0 Å². The van der Waals surface area contributed by atoms with Gasteiger partial charge in [-0.15, -0.1) is 0 Å². The zero-order valence-electron chi connectivity index (χ0n) is 9.49. The fourth-order valence-corrected chi connectivity index (χ4v) is 1.31. The van der Waals surface area contributed by atoms with Gasteiger partial charge in [0.2, 0.25) is 5.91 Å². The van der Waals surface area contributed by atoms with Crippen molar-refractivity contribution >= 4 is 5.91 Å². The van der Waals surface area contributed by atoms with Gasteiger partial charge in [-0.2, -0.15) is 0 Å². The highest BCUT2D eigenvalue weighted by Crippen LogP contribution is 2.02. The van der Waals surface area contributed by atoms with Crippen LogP contribution in [0.2, 0.25) is 0 Å². The van der Waals surface area contributed by atoms with Crippen LogP contribution in [0.3, 0.4) is 0 Å². The van der Waals surface area contributed by atoms with E-state index in [1.807, 2.05) is 18.2 Å². The summed E-state index contributed by atoms with van der Waals surface area (Å²) in [6, 6.07) is 10.1. The smallest absolute Gasteiger partial charge is 0.220 e. The first-order valence-corrected chi connectivity index (χ1v) is 5.49. The summed E-state index contributed by atoms with van der Waals surface area (Å²) >= 11 is 0. The van der Waals surface area contributed by atoms with Crippen LogP contribution in [0, 0.1) is 5.92 Å². The van der Waals surface area contributed by atoms with E-state index in [9.17, 15) is 4.79 Å².